The van der Waals surface area contributed by atoms with Gasteiger partial charge in [-0.3, -0.25) is 9.69 Å². The number of carbonyl (C=O) groups excluding carboxylic acids is 1. The van der Waals surface area contributed by atoms with Crippen molar-refractivity contribution in [3.05, 3.63) is 42.5 Å². The lowest BCUT2D eigenvalue weighted by Gasteiger charge is -2.31. The predicted octanol–water partition coefficient (Wildman–Crippen LogP) is 3.90. The molecule has 0 saturated heterocycles. The lowest BCUT2D eigenvalue weighted by Crippen LogP contribution is -2.25. The van der Waals surface area contributed by atoms with E-state index in [1.54, 1.807) is 23.6 Å². The molecule has 0 saturated carbocycles. The Kier molecular flexibility index (Phi) is 3.18. The molecule has 1 aliphatic rings. The van der Waals surface area contributed by atoms with Crippen molar-refractivity contribution in [3.63, 3.8) is 0 Å². The minimum Gasteiger partial charge on any atom is -0.378 e. The van der Waals surface area contributed by atoms with Gasteiger partial charge in [0.05, 0.1) is 11.4 Å². The first kappa shape index (κ1) is 13.1. The highest BCUT2D eigenvalue weighted by Crippen LogP contribution is 2.48. The van der Waals surface area contributed by atoms with Crippen molar-refractivity contribution >= 4 is 34.7 Å². The van der Waals surface area contributed by atoms with Gasteiger partial charge in [0.2, 0.25) is 5.91 Å². The van der Waals surface area contributed by atoms with Crippen LogP contribution in [0.3, 0.4) is 0 Å². The fourth-order valence-corrected chi connectivity index (χ4v) is 3.45. The normalized spacial score (nSPS) is 12.7. The van der Waals surface area contributed by atoms with Gasteiger partial charge in [0.1, 0.15) is 0 Å². The summed E-state index contributed by atoms with van der Waals surface area (Å²) in [6, 6.07) is 14.2. The molecule has 0 aliphatic carbocycles. The van der Waals surface area contributed by atoms with E-state index in [0.717, 1.165) is 26.9 Å². The second-order valence-corrected chi connectivity index (χ2v) is 6.05. The minimum absolute atomic E-state index is 0.0385. The van der Waals surface area contributed by atoms with Gasteiger partial charge < -0.3 is 4.90 Å². The molecule has 2 aromatic carbocycles. The van der Waals surface area contributed by atoms with Gasteiger partial charge in [-0.25, -0.2) is 0 Å². The van der Waals surface area contributed by atoms with E-state index < -0.39 is 0 Å². The van der Waals surface area contributed by atoms with Crippen LogP contribution in [0.5, 0.6) is 0 Å². The van der Waals surface area contributed by atoms with Crippen molar-refractivity contribution in [2.24, 2.45) is 0 Å². The Morgan fingerprint density at radius 1 is 1.05 bits per heavy atom. The number of para-hydroxylation sites is 1. The van der Waals surface area contributed by atoms with Crippen LogP contribution in [-0.4, -0.2) is 20.0 Å². The van der Waals surface area contributed by atoms with Gasteiger partial charge in [0.25, 0.3) is 0 Å². The largest absolute Gasteiger partial charge is 0.378 e. The van der Waals surface area contributed by atoms with E-state index in [-0.39, 0.29) is 5.91 Å². The number of hydrogen-bond acceptors (Lipinski definition) is 3. The summed E-state index contributed by atoms with van der Waals surface area (Å²) < 4.78 is 0. The van der Waals surface area contributed by atoms with Crippen molar-refractivity contribution in [2.45, 2.75) is 16.7 Å². The molecule has 102 valence electrons. The molecular formula is C16H16N2OS. The zero-order chi connectivity index (χ0) is 14.3. The number of rotatable bonds is 1. The Morgan fingerprint density at radius 2 is 1.75 bits per heavy atom. The van der Waals surface area contributed by atoms with Crippen molar-refractivity contribution in [3.8, 4) is 0 Å². The minimum atomic E-state index is 0.0385. The quantitative estimate of drug-likeness (QED) is 0.793. The molecule has 4 heteroatoms. The smallest absolute Gasteiger partial charge is 0.228 e. The number of amides is 1. The maximum Gasteiger partial charge on any atom is 0.228 e. The third kappa shape index (κ3) is 2.06. The van der Waals surface area contributed by atoms with Crippen LogP contribution in [0.25, 0.3) is 0 Å². The maximum absolute atomic E-state index is 12.0. The van der Waals surface area contributed by atoms with E-state index in [0.29, 0.717) is 0 Å². The fraction of sp³-hybridized carbons (Fsp3) is 0.188. The average Bonchev–Trinajstić information content (AvgIpc) is 2.43. The Labute approximate surface area is 123 Å². The van der Waals surface area contributed by atoms with Crippen LogP contribution < -0.4 is 9.80 Å². The molecule has 0 atom stereocenters. The first-order chi connectivity index (χ1) is 9.58. The van der Waals surface area contributed by atoms with Crippen LogP contribution in [0.2, 0.25) is 0 Å². The van der Waals surface area contributed by atoms with E-state index in [1.807, 2.05) is 44.4 Å². The number of benzene rings is 2. The molecule has 2 aromatic rings. The maximum atomic E-state index is 12.0. The summed E-state index contributed by atoms with van der Waals surface area (Å²) >= 11 is 1.71. The SMILES string of the molecule is CC(=O)N1c2ccccc2Sc2cc(N(C)C)ccc21. The van der Waals surface area contributed by atoms with Gasteiger partial charge in [0, 0.05) is 36.5 Å². The number of nitrogens with zero attached hydrogens (tertiary/aromatic N) is 2. The monoisotopic (exact) mass is 284 g/mol. The second kappa shape index (κ2) is 4.87. The Balaban J connectivity index is 2.17. The Morgan fingerprint density at radius 3 is 2.45 bits per heavy atom. The van der Waals surface area contributed by atoms with Gasteiger partial charge in [-0.15, -0.1) is 0 Å². The van der Waals surface area contributed by atoms with Gasteiger partial charge in [-0.1, -0.05) is 23.9 Å². The molecule has 20 heavy (non-hydrogen) atoms. The van der Waals surface area contributed by atoms with E-state index in [1.165, 1.54) is 0 Å². The molecule has 0 N–H and O–H groups in total. The van der Waals surface area contributed by atoms with E-state index >= 15 is 0 Å². The van der Waals surface area contributed by atoms with E-state index in [2.05, 4.69) is 17.0 Å². The van der Waals surface area contributed by atoms with Gasteiger partial charge in [-0.2, -0.15) is 0 Å². The molecule has 0 aromatic heterocycles. The summed E-state index contributed by atoms with van der Waals surface area (Å²) in [6.07, 6.45) is 0. The summed E-state index contributed by atoms with van der Waals surface area (Å²) in [5.74, 6) is 0.0385. The third-order valence-electron chi connectivity index (χ3n) is 3.34. The van der Waals surface area contributed by atoms with Crippen LogP contribution >= 0.6 is 11.8 Å². The van der Waals surface area contributed by atoms with Crippen molar-refractivity contribution in [1.29, 1.82) is 0 Å². The Bertz CT molecular complexity index is 682. The van der Waals surface area contributed by atoms with Crippen molar-refractivity contribution in [2.75, 3.05) is 23.9 Å². The highest BCUT2D eigenvalue weighted by atomic mass is 32.2. The van der Waals surface area contributed by atoms with Crippen LogP contribution in [-0.2, 0) is 4.79 Å². The highest BCUT2D eigenvalue weighted by molar-refractivity contribution is 7.99. The molecule has 1 heterocycles. The van der Waals surface area contributed by atoms with Crippen LogP contribution in [0.1, 0.15) is 6.92 Å². The molecule has 0 fully saturated rings. The molecule has 3 nitrogen and oxygen atoms in total. The van der Waals surface area contributed by atoms with Crippen LogP contribution in [0.4, 0.5) is 17.1 Å². The molecular weight excluding hydrogens is 268 g/mol. The molecule has 1 amide bonds. The fourth-order valence-electron chi connectivity index (χ4n) is 2.36. The average molecular weight is 284 g/mol. The zero-order valence-corrected chi connectivity index (χ0v) is 12.6. The molecule has 0 bridgehead atoms. The number of hydrogen-bond donors (Lipinski definition) is 0. The summed E-state index contributed by atoms with van der Waals surface area (Å²) in [5.41, 5.74) is 3.07. The number of carbonyl (C=O) groups is 1. The molecule has 0 unspecified atom stereocenters. The van der Waals surface area contributed by atoms with E-state index in [9.17, 15) is 4.79 Å². The number of fused-ring (bicyclic) bond motifs is 2. The van der Waals surface area contributed by atoms with Gasteiger partial charge in [-0.05, 0) is 30.3 Å². The number of anilines is 3. The topological polar surface area (TPSA) is 23.6 Å². The van der Waals surface area contributed by atoms with Gasteiger partial charge in [0.15, 0.2) is 0 Å². The lowest BCUT2D eigenvalue weighted by atomic mass is 10.2. The second-order valence-electron chi connectivity index (χ2n) is 4.97. The lowest BCUT2D eigenvalue weighted by molar-refractivity contribution is -0.115. The highest BCUT2D eigenvalue weighted by Gasteiger charge is 2.26. The van der Waals surface area contributed by atoms with Crippen LogP contribution in [0.15, 0.2) is 52.3 Å². The molecule has 3 rings (SSSR count). The summed E-state index contributed by atoms with van der Waals surface area (Å²) in [4.78, 5) is 18.1. The summed E-state index contributed by atoms with van der Waals surface area (Å²) in [5, 5.41) is 0. The van der Waals surface area contributed by atoms with Crippen LogP contribution in [0, 0.1) is 0 Å². The molecule has 0 radical (unpaired) electrons. The predicted molar refractivity (Wildman–Crippen MR) is 84.2 cm³/mol. The van der Waals surface area contributed by atoms with Crippen molar-refractivity contribution < 1.29 is 4.79 Å². The van der Waals surface area contributed by atoms with Gasteiger partial charge >= 0.3 is 0 Å². The summed E-state index contributed by atoms with van der Waals surface area (Å²) in [7, 11) is 4.04. The standard InChI is InChI=1S/C16H16N2OS/c1-11(19)18-13-6-4-5-7-15(13)20-16-10-12(17(2)3)8-9-14(16)18/h4-10H,1-3H3. The Hall–Kier alpha value is -1.94. The molecule has 0 spiro atoms. The van der Waals surface area contributed by atoms with E-state index in [4.69, 9.17) is 0 Å². The molecule has 1 aliphatic heterocycles. The third-order valence-corrected chi connectivity index (χ3v) is 4.45. The first-order valence-corrected chi connectivity index (χ1v) is 7.28. The van der Waals surface area contributed by atoms with Crippen molar-refractivity contribution in [1.82, 2.24) is 0 Å². The first-order valence-electron chi connectivity index (χ1n) is 6.47. The zero-order valence-electron chi connectivity index (χ0n) is 11.8. The summed E-state index contributed by atoms with van der Waals surface area (Å²) in [6.45, 7) is 1.61.